The molecule has 1 saturated heterocycles. The molecule has 2 atom stereocenters. The second-order valence-electron chi connectivity index (χ2n) is 5.08. The minimum Gasteiger partial charge on any atom is -0.347 e. The van der Waals surface area contributed by atoms with Crippen LogP contribution in [-0.2, 0) is 4.79 Å². The summed E-state index contributed by atoms with van der Waals surface area (Å²) in [6.07, 6.45) is 6.38. The van der Waals surface area contributed by atoms with Gasteiger partial charge in [0.05, 0.1) is 11.5 Å². The summed E-state index contributed by atoms with van der Waals surface area (Å²) in [7, 11) is 0. The lowest BCUT2D eigenvalue weighted by Crippen LogP contribution is -2.50. The summed E-state index contributed by atoms with van der Waals surface area (Å²) in [6, 6.07) is -0.0714. The van der Waals surface area contributed by atoms with E-state index in [2.05, 4.69) is 27.5 Å². The van der Waals surface area contributed by atoms with E-state index in [9.17, 15) is 4.79 Å². The first kappa shape index (κ1) is 13.1. The smallest absolute Gasteiger partial charge is 0.228 e. The summed E-state index contributed by atoms with van der Waals surface area (Å²) in [6.45, 7) is 5.84. The van der Waals surface area contributed by atoms with Crippen molar-refractivity contribution in [3.05, 3.63) is 18.2 Å². The number of piperidine rings is 1. The number of carbonyl (C=O) groups is 1. The van der Waals surface area contributed by atoms with Gasteiger partial charge >= 0.3 is 0 Å². The number of imidazole rings is 1. The number of aromatic nitrogens is 2. The third kappa shape index (κ3) is 2.56. The van der Waals surface area contributed by atoms with Gasteiger partial charge in [0, 0.05) is 18.9 Å². The van der Waals surface area contributed by atoms with Gasteiger partial charge in [-0.25, -0.2) is 4.98 Å². The van der Waals surface area contributed by atoms with Gasteiger partial charge in [0.2, 0.25) is 5.91 Å². The molecule has 1 fully saturated rings. The third-order valence-electron chi connectivity index (χ3n) is 3.91. The number of nitrogens with zero attached hydrogens (tertiary/aromatic N) is 1. The van der Waals surface area contributed by atoms with Crippen LogP contribution < -0.4 is 10.6 Å². The molecule has 5 nitrogen and oxygen atoms in total. The maximum absolute atomic E-state index is 12.5. The van der Waals surface area contributed by atoms with Crippen LogP contribution in [0.3, 0.4) is 0 Å². The average Bonchev–Trinajstić information content (AvgIpc) is 2.93. The third-order valence-corrected chi connectivity index (χ3v) is 3.91. The molecule has 2 heterocycles. The lowest BCUT2D eigenvalue weighted by Gasteiger charge is -2.36. The van der Waals surface area contributed by atoms with E-state index >= 15 is 0 Å². The Kier molecular flexibility index (Phi) is 4.01. The Bertz CT molecular complexity index is 382. The number of nitrogens with one attached hydrogen (secondary N) is 3. The summed E-state index contributed by atoms with van der Waals surface area (Å²) in [5.41, 5.74) is -0.251. The molecule has 18 heavy (non-hydrogen) atoms. The number of hydrogen-bond donors (Lipinski definition) is 3. The van der Waals surface area contributed by atoms with Crippen LogP contribution >= 0.6 is 0 Å². The Morgan fingerprint density at radius 1 is 1.67 bits per heavy atom. The topological polar surface area (TPSA) is 69.8 Å². The minimum atomic E-state index is -0.251. The van der Waals surface area contributed by atoms with Crippen LogP contribution in [0.25, 0.3) is 0 Å². The summed E-state index contributed by atoms with van der Waals surface area (Å²) in [4.78, 5) is 19.7. The van der Waals surface area contributed by atoms with Gasteiger partial charge in [-0.05, 0) is 32.7 Å². The lowest BCUT2D eigenvalue weighted by molar-refractivity contribution is -0.133. The summed E-state index contributed by atoms with van der Waals surface area (Å²) in [5, 5.41) is 6.40. The minimum absolute atomic E-state index is 0.0714. The molecule has 2 unspecified atom stereocenters. The van der Waals surface area contributed by atoms with E-state index < -0.39 is 0 Å². The van der Waals surface area contributed by atoms with E-state index in [1.54, 1.807) is 12.4 Å². The van der Waals surface area contributed by atoms with E-state index in [0.29, 0.717) is 0 Å². The fraction of sp³-hybridized carbons (Fsp3) is 0.692. The van der Waals surface area contributed by atoms with Crippen molar-refractivity contribution in [1.29, 1.82) is 0 Å². The molecule has 1 aliphatic heterocycles. The highest BCUT2D eigenvalue weighted by molar-refractivity contribution is 5.83. The molecular weight excluding hydrogens is 228 g/mol. The Morgan fingerprint density at radius 2 is 2.50 bits per heavy atom. The molecule has 0 aromatic carbocycles. The average molecular weight is 250 g/mol. The molecule has 2 rings (SSSR count). The lowest BCUT2D eigenvalue weighted by atomic mass is 9.77. The van der Waals surface area contributed by atoms with Gasteiger partial charge in [-0.15, -0.1) is 0 Å². The fourth-order valence-corrected chi connectivity index (χ4v) is 2.56. The van der Waals surface area contributed by atoms with Gasteiger partial charge < -0.3 is 15.6 Å². The molecular formula is C13H22N4O. The molecule has 0 radical (unpaired) electrons. The maximum atomic E-state index is 12.5. The molecule has 0 spiro atoms. The zero-order valence-electron chi connectivity index (χ0n) is 11.1. The van der Waals surface area contributed by atoms with Crippen LogP contribution in [0, 0.1) is 5.41 Å². The second-order valence-corrected chi connectivity index (χ2v) is 5.08. The molecule has 1 amide bonds. The Balaban J connectivity index is 2.01. The predicted molar refractivity (Wildman–Crippen MR) is 70.0 cm³/mol. The van der Waals surface area contributed by atoms with E-state index in [0.717, 1.165) is 38.2 Å². The summed E-state index contributed by atoms with van der Waals surface area (Å²) in [5.74, 6) is 0.944. The molecule has 100 valence electrons. The van der Waals surface area contributed by atoms with E-state index in [1.807, 2.05) is 6.92 Å². The number of H-pyrrole nitrogens is 1. The Morgan fingerprint density at radius 3 is 3.06 bits per heavy atom. The van der Waals surface area contributed by atoms with Gasteiger partial charge in [-0.2, -0.15) is 0 Å². The second kappa shape index (κ2) is 5.52. The highest BCUT2D eigenvalue weighted by Crippen LogP contribution is 2.30. The van der Waals surface area contributed by atoms with E-state index in [-0.39, 0.29) is 17.4 Å². The van der Waals surface area contributed by atoms with Crippen molar-refractivity contribution in [1.82, 2.24) is 20.6 Å². The maximum Gasteiger partial charge on any atom is 0.228 e. The number of rotatable bonds is 4. The number of carbonyl (C=O) groups excluding carboxylic acids is 1. The van der Waals surface area contributed by atoms with Crippen molar-refractivity contribution >= 4 is 5.91 Å². The zero-order chi connectivity index (χ0) is 13.0. The molecule has 1 aromatic heterocycles. The molecule has 0 saturated carbocycles. The van der Waals surface area contributed by atoms with Crippen LogP contribution in [-0.4, -0.2) is 29.0 Å². The first-order valence-electron chi connectivity index (χ1n) is 6.69. The molecule has 1 aromatic rings. The molecule has 3 N–H and O–H groups in total. The van der Waals surface area contributed by atoms with E-state index in [4.69, 9.17) is 0 Å². The standard InChI is InChI=1S/C13H22N4O/c1-3-13(5-4-6-14-9-13)12(18)17-10(2)11-15-7-8-16-11/h7-8,10,14H,3-6,9H2,1-2H3,(H,15,16)(H,17,18). The number of amides is 1. The van der Waals surface area contributed by atoms with Crippen molar-refractivity contribution in [2.75, 3.05) is 13.1 Å². The SMILES string of the molecule is CCC1(C(=O)NC(C)c2ncc[nH]2)CCCNC1. The van der Waals surface area contributed by atoms with Gasteiger partial charge in [-0.3, -0.25) is 4.79 Å². The van der Waals surface area contributed by atoms with Crippen LogP contribution in [0.1, 0.15) is 45.0 Å². The first-order valence-corrected chi connectivity index (χ1v) is 6.69. The monoisotopic (exact) mass is 250 g/mol. The van der Waals surface area contributed by atoms with Crippen molar-refractivity contribution in [2.45, 2.75) is 39.2 Å². The fourth-order valence-electron chi connectivity index (χ4n) is 2.56. The van der Waals surface area contributed by atoms with Crippen LogP contribution in [0.5, 0.6) is 0 Å². The van der Waals surface area contributed by atoms with Gasteiger partial charge in [0.25, 0.3) is 0 Å². The Hall–Kier alpha value is -1.36. The van der Waals surface area contributed by atoms with Crippen LogP contribution in [0.4, 0.5) is 0 Å². The van der Waals surface area contributed by atoms with Crippen molar-refractivity contribution in [3.8, 4) is 0 Å². The molecule has 0 bridgehead atoms. The van der Waals surface area contributed by atoms with Gasteiger partial charge in [-0.1, -0.05) is 6.92 Å². The zero-order valence-corrected chi connectivity index (χ0v) is 11.1. The van der Waals surface area contributed by atoms with Crippen LogP contribution in [0.2, 0.25) is 0 Å². The number of aromatic amines is 1. The van der Waals surface area contributed by atoms with E-state index in [1.165, 1.54) is 0 Å². The Labute approximate surface area is 108 Å². The molecule has 0 aliphatic carbocycles. The van der Waals surface area contributed by atoms with Crippen molar-refractivity contribution in [3.63, 3.8) is 0 Å². The summed E-state index contributed by atoms with van der Waals surface area (Å²) < 4.78 is 0. The van der Waals surface area contributed by atoms with Gasteiger partial charge in [0.1, 0.15) is 5.82 Å². The largest absolute Gasteiger partial charge is 0.347 e. The molecule has 5 heteroatoms. The molecule has 1 aliphatic rings. The quantitative estimate of drug-likeness (QED) is 0.756. The highest BCUT2D eigenvalue weighted by Gasteiger charge is 2.38. The first-order chi connectivity index (χ1) is 8.68. The highest BCUT2D eigenvalue weighted by atomic mass is 16.2. The predicted octanol–water partition coefficient (Wildman–Crippen LogP) is 1.37. The van der Waals surface area contributed by atoms with Gasteiger partial charge in [0.15, 0.2) is 0 Å². The number of hydrogen-bond acceptors (Lipinski definition) is 3. The van der Waals surface area contributed by atoms with Crippen molar-refractivity contribution in [2.24, 2.45) is 5.41 Å². The summed E-state index contributed by atoms with van der Waals surface area (Å²) >= 11 is 0. The van der Waals surface area contributed by atoms with Crippen LogP contribution in [0.15, 0.2) is 12.4 Å². The van der Waals surface area contributed by atoms with Crippen molar-refractivity contribution < 1.29 is 4.79 Å². The normalized spacial score (nSPS) is 25.7.